The number of nitrogens with one attached hydrogen (secondary N) is 1. The molecule has 0 radical (unpaired) electrons. The third-order valence-electron chi connectivity index (χ3n) is 4.41. The molecule has 1 atom stereocenters. The molecule has 0 aliphatic carbocycles. The van der Waals surface area contributed by atoms with E-state index in [-0.39, 0.29) is 23.3 Å². The lowest BCUT2D eigenvalue weighted by atomic mass is 9.87. The molecular weight excluding hydrogens is 392 g/mol. The molecular formula is C21H28N2O5S. The number of nitrogens with zero attached hydrogens (tertiary/aromatic N) is 1. The van der Waals surface area contributed by atoms with Crippen molar-refractivity contribution in [2.45, 2.75) is 44.7 Å². The van der Waals surface area contributed by atoms with Crippen molar-refractivity contribution >= 4 is 15.9 Å². The predicted octanol–water partition coefficient (Wildman–Crippen LogP) is 3.20. The smallest absolute Gasteiger partial charge is 0.261 e. The van der Waals surface area contributed by atoms with Gasteiger partial charge in [-0.3, -0.25) is 10.0 Å². The molecule has 7 nitrogen and oxygen atoms in total. The number of sulfonamides is 1. The van der Waals surface area contributed by atoms with E-state index in [9.17, 15) is 18.4 Å². The number of carbonyl (C=O) groups excluding carboxylic acids is 1. The average molecular weight is 421 g/mol. The monoisotopic (exact) mass is 420 g/mol. The highest BCUT2D eigenvalue weighted by atomic mass is 32.2. The second kappa shape index (κ2) is 9.39. The van der Waals surface area contributed by atoms with E-state index in [1.54, 1.807) is 41.9 Å². The first-order chi connectivity index (χ1) is 13.6. The Hall–Kier alpha value is -2.42. The lowest BCUT2D eigenvalue weighted by Crippen LogP contribution is -2.50. The average Bonchev–Trinajstić information content (AvgIpc) is 2.70. The van der Waals surface area contributed by atoms with Gasteiger partial charge in [-0.2, -0.15) is 4.31 Å². The molecule has 0 aliphatic rings. The second-order valence-electron chi connectivity index (χ2n) is 7.97. The number of hydroxylamine groups is 1. The van der Waals surface area contributed by atoms with Crippen molar-refractivity contribution in [1.29, 1.82) is 0 Å². The highest BCUT2D eigenvalue weighted by Crippen LogP contribution is 2.30. The summed E-state index contributed by atoms with van der Waals surface area (Å²) in [5.74, 6) is -0.245. The molecule has 0 saturated heterocycles. The van der Waals surface area contributed by atoms with Crippen molar-refractivity contribution in [2.24, 2.45) is 5.41 Å². The van der Waals surface area contributed by atoms with Crippen LogP contribution in [0, 0.1) is 5.41 Å². The largest absolute Gasteiger partial charge is 0.497 e. The number of methoxy groups -OCH3 is 1. The topological polar surface area (TPSA) is 95.9 Å². The minimum Gasteiger partial charge on any atom is -0.497 e. The fraction of sp³-hybridized carbons (Fsp3) is 0.381. The molecule has 2 aromatic carbocycles. The molecule has 0 heterocycles. The van der Waals surface area contributed by atoms with Crippen LogP contribution >= 0.6 is 0 Å². The second-order valence-corrected chi connectivity index (χ2v) is 9.86. The third-order valence-corrected chi connectivity index (χ3v) is 6.28. The quantitative estimate of drug-likeness (QED) is 0.505. The van der Waals surface area contributed by atoms with Gasteiger partial charge in [0.1, 0.15) is 11.8 Å². The van der Waals surface area contributed by atoms with Gasteiger partial charge in [-0.05, 0) is 41.7 Å². The van der Waals surface area contributed by atoms with Crippen LogP contribution in [-0.2, 0) is 21.4 Å². The van der Waals surface area contributed by atoms with Crippen LogP contribution in [-0.4, -0.2) is 37.0 Å². The van der Waals surface area contributed by atoms with E-state index in [1.165, 1.54) is 19.2 Å². The van der Waals surface area contributed by atoms with Crippen molar-refractivity contribution < 1.29 is 23.2 Å². The minimum atomic E-state index is -4.05. The van der Waals surface area contributed by atoms with Crippen molar-refractivity contribution in [2.75, 3.05) is 7.11 Å². The fourth-order valence-electron chi connectivity index (χ4n) is 2.99. The summed E-state index contributed by atoms with van der Waals surface area (Å²) in [5.41, 5.74) is 2.00. The summed E-state index contributed by atoms with van der Waals surface area (Å²) in [6.07, 6.45) is 0.224. The maximum Gasteiger partial charge on any atom is 0.261 e. The Morgan fingerprint density at radius 3 is 2.17 bits per heavy atom. The van der Waals surface area contributed by atoms with Crippen LogP contribution in [0.4, 0.5) is 0 Å². The molecule has 29 heavy (non-hydrogen) atoms. The molecule has 0 bridgehead atoms. The number of ether oxygens (including phenoxy) is 1. The van der Waals surface area contributed by atoms with Crippen LogP contribution in [0.2, 0.25) is 0 Å². The standard InChI is InChI=1S/C21H28N2O5S/c1-21(2,3)14-19(20(24)22-25)23(15-16-8-6-5-7-9-16)29(26,27)18-12-10-17(28-4)11-13-18/h5-13,19,25H,14-15H2,1-4H3,(H,22,24). The number of hydrogen-bond donors (Lipinski definition) is 2. The Morgan fingerprint density at radius 2 is 1.69 bits per heavy atom. The van der Waals surface area contributed by atoms with Gasteiger partial charge in [-0.1, -0.05) is 51.1 Å². The van der Waals surface area contributed by atoms with Crippen molar-refractivity contribution in [3.05, 3.63) is 60.2 Å². The zero-order valence-electron chi connectivity index (χ0n) is 17.1. The van der Waals surface area contributed by atoms with Gasteiger partial charge in [0.15, 0.2) is 0 Å². The van der Waals surface area contributed by atoms with Gasteiger partial charge in [-0.15, -0.1) is 0 Å². The predicted molar refractivity (Wildman–Crippen MR) is 110 cm³/mol. The van der Waals surface area contributed by atoms with Gasteiger partial charge in [0.2, 0.25) is 10.0 Å². The molecule has 0 saturated carbocycles. The van der Waals surface area contributed by atoms with E-state index in [4.69, 9.17) is 4.74 Å². The third kappa shape index (κ3) is 6.03. The first-order valence-electron chi connectivity index (χ1n) is 9.22. The van der Waals surface area contributed by atoms with Gasteiger partial charge in [0.25, 0.3) is 5.91 Å². The highest BCUT2D eigenvalue weighted by Gasteiger charge is 2.38. The van der Waals surface area contributed by atoms with Crippen LogP contribution in [0.25, 0.3) is 0 Å². The van der Waals surface area contributed by atoms with Crippen molar-refractivity contribution in [3.8, 4) is 5.75 Å². The summed E-state index contributed by atoms with van der Waals surface area (Å²) >= 11 is 0. The number of amides is 1. The van der Waals surface area contributed by atoms with Gasteiger partial charge < -0.3 is 4.74 Å². The van der Waals surface area contributed by atoms with E-state index >= 15 is 0 Å². The van der Waals surface area contributed by atoms with Gasteiger partial charge in [-0.25, -0.2) is 13.9 Å². The lowest BCUT2D eigenvalue weighted by Gasteiger charge is -2.33. The Morgan fingerprint density at radius 1 is 1.10 bits per heavy atom. The molecule has 0 aromatic heterocycles. The van der Waals surface area contributed by atoms with E-state index in [0.717, 1.165) is 9.87 Å². The highest BCUT2D eigenvalue weighted by molar-refractivity contribution is 7.89. The maximum absolute atomic E-state index is 13.5. The molecule has 0 fully saturated rings. The van der Waals surface area contributed by atoms with E-state index in [0.29, 0.717) is 5.75 Å². The maximum atomic E-state index is 13.5. The molecule has 1 amide bonds. The Labute approximate surface area is 172 Å². The van der Waals surface area contributed by atoms with Gasteiger partial charge in [0, 0.05) is 6.54 Å². The first kappa shape index (κ1) is 22.9. The SMILES string of the molecule is COc1ccc(S(=O)(=O)N(Cc2ccccc2)C(CC(C)(C)C)C(=O)NO)cc1. The van der Waals surface area contributed by atoms with E-state index < -0.39 is 22.0 Å². The summed E-state index contributed by atoms with van der Waals surface area (Å²) in [7, 11) is -2.55. The number of hydrogen-bond acceptors (Lipinski definition) is 5. The fourth-order valence-corrected chi connectivity index (χ4v) is 4.56. The Kier molecular flexibility index (Phi) is 7.40. The lowest BCUT2D eigenvalue weighted by molar-refractivity contribution is -0.134. The molecule has 2 rings (SSSR count). The van der Waals surface area contributed by atoms with Gasteiger partial charge >= 0.3 is 0 Å². The molecule has 1 unspecified atom stereocenters. The normalized spacial score (nSPS) is 13.2. The Balaban J connectivity index is 2.55. The summed E-state index contributed by atoms with van der Waals surface area (Å²) in [6, 6.07) is 13.9. The van der Waals surface area contributed by atoms with Crippen LogP contribution in [0.1, 0.15) is 32.8 Å². The van der Waals surface area contributed by atoms with Crippen molar-refractivity contribution in [1.82, 2.24) is 9.79 Å². The summed E-state index contributed by atoms with van der Waals surface area (Å²) in [6.45, 7) is 5.71. The summed E-state index contributed by atoms with van der Waals surface area (Å²) < 4.78 is 33.3. The molecule has 0 spiro atoms. The minimum absolute atomic E-state index is 0.0105. The number of carbonyl (C=O) groups is 1. The van der Waals surface area contributed by atoms with Crippen molar-refractivity contribution in [3.63, 3.8) is 0 Å². The molecule has 2 N–H and O–H groups in total. The molecule has 2 aromatic rings. The van der Waals surface area contributed by atoms with E-state index in [2.05, 4.69) is 0 Å². The molecule has 8 heteroatoms. The zero-order chi connectivity index (χ0) is 21.7. The molecule has 0 aliphatic heterocycles. The number of rotatable bonds is 8. The molecule has 158 valence electrons. The van der Waals surface area contributed by atoms with Crippen LogP contribution < -0.4 is 10.2 Å². The van der Waals surface area contributed by atoms with Crippen LogP contribution in [0.15, 0.2) is 59.5 Å². The summed E-state index contributed by atoms with van der Waals surface area (Å²) in [4.78, 5) is 12.6. The zero-order valence-corrected chi connectivity index (χ0v) is 17.9. The van der Waals surface area contributed by atoms with E-state index in [1.807, 2.05) is 26.8 Å². The summed E-state index contributed by atoms with van der Waals surface area (Å²) in [5, 5.41) is 9.28. The number of benzene rings is 2. The van der Waals surface area contributed by atoms with Gasteiger partial charge in [0.05, 0.1) is 12.0 Å². The van der Waals surface area contributed by atoms with Crippen LogP contribution in [0.3, 0.4) is 0 Å². The first-order valence-corrected chi connectivity index (χ1v) is 10.7. The Bertz CT molecular complexity index is 906. The van der Waals surface area contributed by atoms with Crippen LogP contribution in [0.5, 0.6) is 5.75 Å².